The number of Topliss-reactive ketones (excluding diaryl/α,β-unsaturated/α-hetero) is 1. The van der Waals surface area contributed by atoms with E-state index in [9.17, 15) is 10.1 Å². The van der Waals surface area contributed by atoms with Crippen molar-refractivity contribution >= 4 is 27.4 Å². The number of aliphatic imine (C=N–C) groups is 1. The van der Waals surface area contributed by atoms with E-state index in [1.165, 1.54) is 0 Å². The lowest BCUT2D eigenvalue weighted by Crippen LogP contribution is -2.32. The third kappa shape index (κ3) is 4.16. The van der Waals surface area contributed by atoms with E-state index in [2.05, 4.69) is 22.0 Å². The van der Waals surface area contributed by atoms with Gasteiger partial charge in [-0.05, 0) is 54.7 Å². The Morgan fingerprint density at radius 2 is 1.70 bits per heavy atom. The smallest absolute Gasteiger partial charge is 0.161 e. The van der Waals surface area contributed by atoms with Crippen molar-refractivity contribution in [3.63, 3.8) is 0 Å². The summed E-state index contributed by atoms with van der Waals surface area (Å²) in [6.07, 6.45) is 1.02. The average molecular weight is 509 g/mol. The zero-order chi connectivity index (χ0) is 23.7. The molecule has 2 aromatic rings. The van der Waals surface area contributed by atoms with Crippen LogP contribution in [0.5, 0.6) is 17.2 Å². The first-order valence-electron chi connectivity index (χ1n) is 10.7. The minimum absolute atomic E-state index is 0.0280. The lowest BCUT2D eigenvalue weighted by atomic mass is 9.69. The summed E-state index contributed by atoms with van der Waals surface area (Å²) < 4.78 is 16.9. The van der Waals surface area contributed by atoms with Gasteiger partial charge in [0, 0.05) is 33.8 Å². The Morgan fingerprint density at radius 3 is 2.30 bits per heavy atom. The molecule has 0 aromatic heterocycles. The number of ketones is 1. The highest BCUT2D eigenvalue weighted by atomic mass is 79.9. The first-order valence-corrected chi connectivity index (χ1v) is 11.5. The number of carbonyl (C=O) groups excluding carboxylic acids is 1. The summed E-state index contributed by atoms with van der Waals surface area (Å²) >= 11 is 3.63. The molecule has 4 rings (SSSR count). The molecule has 1 aliphatic heterocycles. The minimum atomic E-state index is -0.542. The van der Waals surface area contributed by atoms with E-state index in [0.29, 0.717) is 35.6 Å². The Balaban J connectivity index is 1.80. The fourth-order valence-electron chi connectivity index (χ4n) is 4.78. The first-order chi connectivity index (χ1) is 15.9. The fraction of sp³-hybridized carbons (Fsp3) is 0.346. The molecule has 0 saturated carbocycles. The Morgan fingerprint density at radius 1 is 1.03 bits per heavy atom. The molecule has 3 atom stereocenters. The van der Waals surface area contributed by atoms with Gasteiger partial charge in [0.05, 0.1) is 33.3 Å². The van der Waals surface area contributed by atoms with Crippen LogP contribution in [0.2, 0.25) is 0 Å². The van der Waals surface area contributed by atoms with E-state index in [1.807, 2.05) is 43.3 Å². The van der Waals surface area contributed by atoms with Gasteiger partial charge in [0.1, 0.15) is 5.75 Å². The van der Waals surface area contributed by atoms with Gasteiger partial charge in [-0.2, -0.15) is 5.26 Å². The number of benzene rings is 2. The number of hydrogen-bond donors (Lipinski definition) is 0. The second kappa shape index (κ2) is 9.40. The Labute approximate surface area is 202 Å². The van der Waals surface area contributed by atoms with Gasteiger partial charge in [-0.25, -0.2) is 0 Å². The molecule has 1 unspecified atom stereocenters. The van der Waals surface area contributed by atoms with Crippen molar-refractivity contribution < 1.29 is 19.0 Å². The summed E-state index contributed by atoms with van der Waals surface area (Å²) in [5.41, 5.74) is 4.01. The Hall–Kier alpha value is -3.11. The van der Waals surface area contributed by atoms with Gasteiger partial charge in [-0.1, -0.05) is 28.1 Å². The molecule has 0 amide bonds. The minimum Gasteiger partial charge on any atom is -0.497 e. The number of methoxy groups -OCH3 is 3. The predicted molar refractivity (Wildman–Crippen MR) is 129 cm³/mol. The molecule has 0 N–H and O–H groups in total. The molecule has 0 radical (unpaired) electrons. The van der Waals surface area contributed by atoms with E-state index in [4.69, 9.17) is 19.2 Å². The SMILES string of the molecule is COc1ccc([C@@H]2CC(=O)C3=C(C2)N=C(C)C(C#N)[C@@H]3c2cc(OC)c(OC)cc2Br)cc1. The third-order valence-corrected chi connectivity index (χ3v) is 7.14. The van der Waals surface area contributed by atoms with Crippen LogP contribution in [0.4, 0.5) is 0 Å². The number of allylic oxidation sites excluding steroid dienone is 2. The normalized spacial score (nSPS) is 22.2. The van der Waals surface area contributed by atoms with Gasteiger partial charge in [0.15, 0.2) is 17.3 Å². The maximum atomic E-state index is 13.5. The summed E-state index contributed by atoms with van der Waals surface area (Å²) in [5, 5.41) is 10.0. The maximum Gasteiger partial charge on any atom is 0.161 e. The van der Waals surface area contributed by atoms with Crippen molar-refractivity contribution in [2.24, 2.45) is 10.9 Å². The molecule has 0 saturated heterocycles. The number of hydrogen-bond acceptors (Lipinski definition) is 6. The van der Waals surface area contributed by atoms with Crippen LogP contribution in [0.1, 0.15) is 42.7 Å². The molecule has 6 nitrogen and oxygen atoms in total. The highest BCUT2D eigenvalue weighted by molar-refractivity contribution is 9.10. The molecule has 33 heavy (non-hydrogen) atoms. The van der Waals surface area contributed by atoms with Crippen LogP contribution in [0.3, 0.4) is 0 Å². The second-order valence-corrected chi connectivity index (χ2v) is 9.08. The second-order valence-electron chi connectivity index (χ2n) is 8.23. The molecule has 170 valence electrons. The van der Waals surface area contributed by atoms with Crippen molar-refractivity contribution in [1.82, 2.24) is 0 Å². The van der Waals surface area contributed by atoms with Gasteiger partial charge in [0.25, 0.3) is 0 Å². The fourth-order valence-corrected chi connectivity index (χ4v) is 5.35. The van der Waals surface area contributed by atoms with Gasteiger partial charge < -0.3 is 14.2 Å². The summed E-state index contributed by atoms with van der Waals surface area (Å²) in [7, 11) is 4.78. The first kappa shape index (κ1) is 23.1. The van der Waals surface area contributed by atoms with Crippen LogP contribution in [0, 0.1) is 17.2 Å². The van der Waals surface area contributed by atoms with E-state index >= 15 is 0 Å². The van der Waals surface area contributed by atoms with Crippen molar-refractivity contribution in [3.05, 3.63) is 63.3 Å². The Bertz CT molecular complexity index is 1190. The van der Waals surface area contributed by atoms with Crippen LogP contribution in [-0.4, -0.2) is 32.8 Å². The standard InChI is InChI=1S/C26H25BrN2O4/c1-14-19(13-28)25(18-11-23(32-3)24(33-4)12-20(18)27)26-21(29-14)9-16(10-22(26)30)15-5-7-17(31-2)8-6-15/h5-8,11-12,16,19,25H,9-10H2,1-4H3/t16-,19?,25-/m0/s1. The Kier molecular flexibility index (Phi) is 6.57. The summed E-state index contributed by atoms with van der Waals surface area (Å²) in [5.74, 6) is 0.996. The zero-order valence-corrected chi connectivity index (χ0v) is 20.6. The predicted octanol–water partition coefficient (Wildman–Crippen LogP) is 5.57. The molecular weight excluding hydrogens is 484 g/mol. The third-order valence-electron chi connectivity index (χ3n) is 6.45. The number of nitrogens with zero attached hydrogens (tertiary/aromatic N) is 2. The number of halogens is 1. The highest BCUT2D eigenvalue weighted by Crippen LogP contribution is 2.49. The van der Waals surface area contributed by atoms with Crippen molar-refractivity contribution in [2.75, 3.05) is 21.3 Å². The average Bonchev–Trinajstić information content (AvgIpc) is 2.83. The van der Waals surface area contributed by atoms with Crippen molar-refractivity contribution in [3.8, 4) is 23.3 Å². The number of rotatable bonds is 5. The van der Waals surface area contributed by atoms with Gasteiger partial charge >= 0.3 is 0 Å². The molecule has 0 fully saturated rings. The van der Waals surface area contributed by atoms with Crippen LogP contribution in [-0.2, 0) is 4.79 Å². The van der Waals surface area contributed by atoms with Crippen LogP contribution in [0.15, 0.2) is 57.1 Å². The summed E-state index contributed by atoms with van der Waals surface area (Å²) in [4.78, 5) is 18.3. The number of carbonyl (C=O) groups is 1. The highest BCUT2D eigenvalue weighted by Gasteiger charge is 2.42. The molecule has 0 bridgehead atoms. The van der Waals surface area contributed by atoms with Crippen molar-refractivity contribution in [1.29, 1.82) is 5.26 Å². The van der Waals surface area contributed by atoms with Crippen LogP contribution < -0.4 is 14.2 Å². The quantitative estimate of drug-likeness (QED) is 0.526. The number of nitriles is 1. The largest absolute Gasteiger partial charge is 0.497 e. The zero-order valence-electron chi connectivity index (χ0n) is 19.0. The van der Waals surface area contributed by atoms with E-state index in [1.54, 1.807) is 21.3 Å². The van der Waals surface area contributed by atoms with Gasteiger partial charge in [0.2, 0.25) is 0 Å². The van der Waals surface area contributed by atoms with Gasteiger partial charge in [-0.15, -0.1) is 0 Å². The molecule has 1 aliphatic carbocycles. The van der Waals surface area contributed by atoms with Crippen molar-refractivity contribution in [2.45, 2.75) is 31.6 Å². The molecule has 7 heteroatoms. The van der Waals surface area contributed by atoms with Crippen LogP contribution >= 0.6 is 15.9 Å². The lowest BCUT2D eigenvalue weighted by Gasteiger charge is -2.35. The molecular formula is C26H25BrN2O4. The molecule has 2 aromatic carbocycles. The van der Waals surface area contributed by atoms with E-state index < -0.39 is 11.8 Å². The summed E-state index contributed by atoms with van der Waals surface area (Å²) in [6.45, 7) is 1.86. The number of ether oxygens (including phenoxy) is 3. The lowest BCUT2D eigenvalue weighted by molar-refractivity contribution is -0.116. The van der Waals surface area contributed by atoms with Gasteiger partial charge in [-0.3, -0.25) is 9.79 Å². The van der Waals surface area contributed by atoms with Crippen LogP contribution in [0.25, 0.3) is 0 Å². The topological polar surface area (TPSA) is 80.9 Å². The van der Waals surface area contributed by atoms with E-state index in [-0.39, 0.29) is 11.7 Å². The molecule has 1 heterocycles. The molecule has 2 aliphatic rings. The van der Waals surface area contributed by atoms with E-state index in [0.717, 1.165) is 27.0 Å². The monoisotopic (exact) mass is 508 g/mol. The summed E-state index contributed by atoms with van der Waals surface area (Å²) in [6, 6.07) is 13.9. The maximum absolute atomic E-state index is 13.5. The molecule has 0 spiro atoms.